The van der Waals surface area contributed by atoms with Crippen LogP contribution >= 0.6 is 12.2 Å². The summed E-state index contributed by atoms with van der Waals surface area (Å²) < 4.78 is 0. The molecule has 0 spiro atoms. The van der Waals surface area contributed by atoms with E-state index in [0.717, 1.165) is 57.8 Å². The van der Waals surface area contributed by atoms with Crippen LogP contribution in [0.15, 0.2) is 0 Å². The Morgan fingerprint density at radius 3 is 2.00 bits per heavy atom. The van der Waals surface area contributed by atoms with Gasteiger partial charge in [0.1, 0.15) is 0 Å². The van der Waals surface area contributed by atoms with Gasteiger partial charge in [0.2, 0.25) is 5.91 Å². The molecule has 0 saturated heterocycles. The molecule has 3 N–H and O–H groups in total. The van der Waals surface area contributed by atoms with Gasteiger partial charge in [-0.05, 0) is 25.7 Å². The van der Waals surface area contributed by atoms with Gasteiger partial charge in [0, 0.05) is 6.04 Å². The van der Waals surface area contributed by atoms with Crippen LogP contribution in [-0.4, -0.2) is 16.9 Å². The number of carbonyl (C=O) groups excluding carboxylic acids is 1. The zero-order chi connectivity index (χ0) is 16.3. The third-order valence-electron chi connectivity index (χ3n) is 4.14. The van der Waals surface area contributed by atoms with Crippen molar-refractivity contribution in [1.82, 2.24) is 5.32 Å². The summed E-state index contributed by atoms with van der Waals surface area (Å²) in [5.41, 5.74) is 5.31. The highest BCUT2D eigenvalue weighted by molar-refractivity contribution is 7.80. The second-order valence-electron chi connectivity index (χ2n) is 6.05. The average molecular weight is 315 g/mol. The van der Waals surface area contributed by atoms with Gasteiger partial charge >= 0.3 is 0 Å². The maximum absolute atomic E-state index is 12.9. The van der Waals surface area contributed by atoms with Crippen molar-refractivity contribution in [2.24, 2.45) is 11.1 Å². The van der Waals surface area contributed by atoms with E-state index < -0.39 is 5.41 Å². The SMILES string of the molecule is CCCCC(CCC)NC(=O)C(CCC)(CCC)C(N)=S. The minimum atomic E-state index is -0.656. The number of nitrogens with one attached hydrogen (secondary N) is 1. The largest absolute Gasteiger partial charge is 0.392 e. The van der Waals surface area contributed by atoms with Crippen molar-refractivity contribution in [3.63, 3.8) is 0 Å². The van der Waals surface area contributed by atoms with Crippen molar-refractivity contribution in [1.29, 1.82) is 0 Å². The number of unbranched alkanes of at least 4 members (excludes halogenated alkanes) is 1. The molecule has 0 radical (unpaired) electrons. The van der Waals surface area contributed by atoms with Crippen LogP contribution in [0.4, 0.5) is 0 Å². The number of hydrogen-bond donors (Lipinski definition) is 2. The molecule has 0 aliphatic rings. The van der Waals surface area contributed by atoms with E-state index in [4.69, 9.17) is 18.0 Å². The van der Waals surface area contributed by atoms with Gasteiger partial charge in [0.05, 0.1) is 10.4 Å². The molecule has 0 aromatic heterocycles. The normalized spacial score (nSPS) is 13.0. The van der Waals surface area contributed by atoms with Crippen LogP contribution in [-0.2, 0) is 4.79 Å². The Kier molecular flexibility index (Phi) is 10.7. The van der Waals surface area contributed by atoms with Crippen LogP contribution in [0.25, 0.3) is 0 Å². The highest BCUT2D eigenvalue weighted by Crippen LogP contribution is 2.31. The zero-order valence-electron chi connectivity index (χ0n) is 14.3. The predicted molar refractivity (Wildman–Crippen MR) is 95.4 cm³/mol. The summed E-state index contributed by atoms with van der Waals surface area (Å²) >= 11 is 5.26. The van der Waals surface area contributed by atoms with E-state index in [1.54, 1.807) is 0 Å². The van der Waals surface area contributed by atoms with Crippen molar-refractivity contribution in [2.75, 3.05) is 0 Å². The first-order valence-electron chi connectivity index (χ1n) is 8.59. The van der Waals surface area contributed by atoms with Gasteiger partial charge in [0.25, 0.3) is 0 Å². The molecular formula is C17H34N2OS. The van der Waals surface area contributed by atoms with Crippen LogP contribution in [0, 0.1) is 5.41 Å². The lowest BCUT2D eigenvalue weighted by atomic mass is 9.78. The van der Waals surface area contributed by atoms with Gasteiger partial charge in [-0.15, -0.1) is 0 Å². The van der Waals surface area contributed by atoms with Gasteiger partial charge in [-0.25, -0.2) is 0 Å². The monoisotopic (exact) mass is 314 g/mol. The molecule has 0 rings (SSSR count). The lowest BCUT2D eigenvalue weighted by molar-refractivity contribution is -0.129. The van der Waals surface area contributed by atoms with Crippen molar-refractivity contribution in [2.45, 2.75) is 91.5 Å². The molecule has 0 aliphatic heterocycles. The molecule has 21 heavy (non-hydrogen) atoms. The first-order valence-corrected chi connectivity index (χ1v) is 9.00. The van der Waals surface area contributed by atoms with E-state index in [0.29, 0.717) is 4.99 Å². The third-order valence-corrected chi connectivity index (χ3v) is 4.53. The van der Waals surface area contributed by atoms with Crippen molar-refractivity contribution >= 4 is 23.1 Å². The molecule has 0 aromatic carbocycles. The van der Waals surface area contributed by atoms with Crippen molar-refractivity contribution in [3.8, 4) is 0 Å². The Bertz CT molecular complexity index is 312. The molecular weight excluding hydrogens is 280 g/mol. The molecule has 0 heterocycles. The molecule has 0 fully saturated rings. The topological polar surface area (TPSA) is 55.1 Å². The quantitative estimate of drug-likeness (QED) is 0.527. The maximum atomic E-state index is 12.9. The first-order chi connectivity index (χ1) is 9.98. The molecule has 3 nitrogen and oxygen atoms in total. The molecule has 124 valence electrons. The van der Waals surface area contributed by atoms with Crippen LogP contribution in [0.5, 0.6) is 0 Å². The summed E-state index contributed by atoms with van der Waals surface area (Å²) in [5.74, 6) is 0.0493. The Hall–Kier alpha value is -0.640. The van der Waals surface area contributed by atoms with Gasteiger partial charge < -0.3 is 11.1 Å². The van der Waals surface area contributed by atoms with Crippen LogP contribution in [0.3, 0.4) is 0 Å². The summed E-state index contributed by atoms with van der Waals surface area (Å²) in [6.45, 7) is 8.50. The summed E-state index contributed by atoms with van der Waals surface area (Å²) in [6.07, 6.45) is 8.77. The average Bonchev–Trinajstić information content (AvgIpc) is 2.44. The number of amides is 1. The summed E-state index contributed by atoms with van der Waals surface area (Å²) in [5, 5.41) is 3.24. The molecule has 1 amide bonds. The van der Waals surface area contributed by atoms with Crippen molar-refractivity contribution in [3.05, 3.63) is 0 Å². The van der Waals surface area contributed by atoms with E-state index in [1.807, 2.05) is 0 Å². The molecule has 0 saturated carbocycles. The summed E-state index contributed by atoms with van der Waals surface area (Å²) in [6, 6.07) is 0.255. The Balaban J connectivity index is 5.02. The van der Waals surface area contributed by atoms with Crippen molar-refractivity contribution < 1.29 is 4.79 Å². The van der Waals surface area contributed by atoms with E-state index in [2.05, 4.69) is 33.0 Å². The summed E-state index contributed by atoms with van der Waals surface area (Å²) in [4.78, 5) is 13.2. The van der Waals surface area contributed by atoms with Crippen LogP contribution in [0.1, 0.15) is 85.5 Å². The Morgan fingerprint density at radius 2 is 1.62 bits per heavy atom. The Morgan fingerprint density at radius 1 is 1.05 bits per heavy atom. The minimum absolute atomic E-state index is 0.0493. The molecule has 4 heteroatoms. The zero-order valence-corrected chi connectivity index (χ0v) is 15.2. The molecule has 0 aromatic rings. The number of nitrogens with two attached hydrogens (primary N) is 1. The standard InChI is InChI=1S/C17H34N2OS/c1-5-9-11-14(10-6-2)19-16(20)17(12-7-3,13-8-4)15(18)21/h14H,5-13H2,1-4H3,(H2,18,21)(H,19,20). The van der Waals surface area contributed by atoms with Crippen LogP contribution < -0.4 is 11.1 Å². The highest BCUT2D eigenvalue weighted by atomic mass is 32.1. The number of thiocarbonyl (C=S) groups is 1. The lowest BCUT2D eigenvalue weighted by Crippen LogP contribution is -2.51. The fourth-order valence-corrected chi connectivity index (χ4v) is 3.27. The minimum Gasteiger partial charge on any atom is -0.392 e. The summed E-state index contributed by atoms with van der Waals surface area (Å²) in [7, 11) is 0. The van der Waals surface area contributed by atoms with Gasteiger partial charge in [-0.2, -0.15) is 0 Å². The van der Waals surface area contributed by atoms with Gasteiger partial charge in [-0.1, -0.05) is 72.0 Å². The molecule has 1 unspecified atom stereocenters. The van der Waals surface area contributed by atoms with Gasteiger partial charge in [0.15, 0.2) is 0 Å². The van der Waals surface area contributed by atoms with E-state index in [-0.39, 0.29) is 11.9 Å². The maximum Gasteiger partial charge on any atom is 0.233 e. The second-order valence-corrected chi connectivity index (χ2v) is 6.49. The number of carbonyl (C=O) groups is 1. The fourth-order valence-electron chi connectivity index (χ4n) is 2.98. The molecule has 1 atom stereocenters. The molecule has 0 aliphatic carbocycles. The molecule has 0 bridgehead atoms. The van der Waals surface area contributed by atoms with Gasteiger partial charge in [-0.3, -0.25) is 4.79 Å². The first kappa shape index (κ1) is 20.4. The smallest absolute Gasteiger partial charge is 0.233 e. The highest BCUT2D eigenvalue weighted by Gasteiger charge is 2.40. The lowest BCUT2D eigenvalue weighted by Gasteiger charge is -2.33. The number of rotatable bonds is 12. The van der Waals surface area contributed by atoms with Crippen LogP contribution in [0.2, 0.25) is 0 Å². The third kappa shape index (κ3) is 6.33. The van der Waals surface area contributed by atoms with E-state index in [1.165, 1.54) is 0 Å². The van der Waals surface area contributed by atoms with E-state index in [9.17, 15) is 4.79 Å². The predicted octanol–water partition coefficient (Wildman–Crippen LogP) is 4.33. The second kappa shape index (κ2) is 11.0. The van der Waals surface area contributed by atoms with E-state index >= 15 is 0 Å². The number of hydrogen-bond acceptors (Lipinski definition) is 2. The fraction of sp³-hybridized carbons (Fsp3) is 0.882. The Labute approximate surface area is 136 Å².